The molecule has 1 aromatic heterocycles. The molecule has 1 spiro atoms. The third kappa shape index (κ3) is 3.04. The minimum Gasteiger partial charge on any atom is -0.472 e. The summed E-state index contributed by atoms with van der Waals surface area (Å²) in [4.78, 5) is 39.4. The summed E-state index contributed by atoms with van der Waals surface area (Å²) in [5.74, 6) is -3.73. The first kappa shape index (κ1) is 26.3. The summed E-state index contributed by atoms with van der Waals surface area (Å²) in [5.41, 5.74) is -5.82. The summed E-state index contributed by atoms with van der Waals surface area (Å²) in [5, 5.41) is 34.5. The number of hydrogen-bond acceptors (Lipinski definition) is 10. The molecule has 0 radical (unpaired) electrons. The minimum absolute atomic E-state index is 0.399. The molecule has 4 fully saturated rings. The number of aliphatic hydroxyl groups excluding tert-OH is 2. The normalized spacial score (nSPS) is 45.7. The lowest BCUT2D eigenvalue weighted by Gasteiger charge is -2.67. The Kier molecular flexibility index (Phi) is 5.61. The number of cyclic esters (lactones) is 1. The molecule has 0 aromatic carbocycles. The molecule has 1 aromatic rings. The van der Waals surface area contributed by atoms with Crippen LogP contribution < -0.4 is 0 Å². The van der Waals surface area contributed by atoms with Crippen LogP contribution in [0.3, 0.4) is 0 Å². The second-order valence-corrected chi connectivity index (χ2v) is 12.5. The van der Waals surface area contributed by atoms with Gasteiger partial charge in [0, 0.05) is 21.8 Å². The van der Waals surface area contributed by atoms with E-state index in [-0.39, 0.29) is 0 Å². The fourth-order valence-electron chi connectivity index (χ4n) is 8.81. The van der Waals surface area contributed by atoms with Crippen LogP contribution >= 0.6 is 0 Å². The Morgan fingerprint density at radius 3 is 2.49 bits per heavy atom. The molecule has 2 saturated carbocycles. The Bertz CT molecular complexity index is 1120. The number of aliphatic hydroxyl groups is 3. The highest BCUT2D eigenvalue weighted by molar-refractivity contribution is 5.91. The lowest BCUT2D eigenvalue weighted by molar-refractivity contribution is -0.263. The van der Waals surface area contributed by atoms with E-state index < -0.39 is 87.8 Å². The number of Topliss-reactive ketones (excluding diaryl/α,β-unsaturated/α-hetero) is 1. The maximum atomic E-state index is 14.0. The van der Waals surface area contributed by atoms with Gasteiger partial charge in [0.25, 0.3) is 0 Å². The summed E-state index contributed by atoms with van der Waals surface area (Å²) < 4.78 is 22.2. The van der Waals surface area contributed by atoms with Gasteiger partial charge in [-0.2, -0.15) is 0 Å². The first-order valence-corrected chi connectivity index (χ1v) is 12.7. The molecule has 2 aliphatic heterocycles. The van der Waals surface area contributed by atoms with Gasteiger partial charge in [0.15, 0.2) is 11.9 Å². The van der Waals surface area contributed by atoms with Crippen molar-refractivity contribution in [2.45, 2.75) is 89.5 Å². The fourth-order valence-corrected chi connectivity index (χ4v) is 8.81. The zero-order valence-corrected chi connectivity index (χ0v) is 22.0. The first-order chi connectivity index (χ1) is 17.1. The van der Waals surface area contributed by atoms with Crippen LogP contribution in [0.4, 0.5) is 0 Å². The van der Waals surface area contributed by atoms with E-state index in [0.717, 1.165) is 0 Å². The molecule has 10 atom stereocenters. The predicted octanol–water partition coefficient (Wildman–Crippen LogP) is 1.70. The Hall–Kier alpha value is -2.27. The van der Waals surface area contributed by atoms with Crippen molar-refractivity contribution in [3.05, 3.63) is 24.2 Å². The van der Waals surface area contributed by atoms with Gasteiger partial charge in [-0.15, -0.1) is 0 Å². The van der Waals surface area contributed by atoms with Crippen molar-refractivity contribution in [1.29, 1.82) is 0 Å². The quantitative estimate of drug-likeness (QED) is 0.386. The van der Waals surface area contributed by atoms with Crippen molar-refractivity contribution in [2.75, 3.05) is 7.11 Å². The number of carbonyl (C=O) groups excluding carboxylic acids is 3. The van der Waals surface area contributed by atoms with Gasteiger partial charge in [0.05, 0.1) is 43.7 Å². The molecule has 2 unspecified atom stereocenters. The fraction of sp³-hybridized carbons (Fsp3) is 0.741. The van der Waals surface area contributed by atoms with Crippen molar-refractivity contribution in [1.82, 2.24) is 0 Å². The predicted molar refractivity (Wildman–Crippen MR) is 126 cm³/mol. The molecule has 204 valence electrons. The van der Waals surface area contributed by atoms with Crippen molar-refractivity contribution >= 4 is 17.7 Å². The number of carbonyl (C=O) groups is 3. The molecule has 3 heterocycles. The smallest absolute Gasteiger partial charge is 0.339 e. The van der Waals surface area contributed by atoms with Crippen LogP contribution in [0.2, 0.25) is 0 Å². The van der Waals surface area contributed by atoms with Crippen LogP contribution in [0, 0.1) is 28.1 Å². The Morgan fingerprint density at radius 1 is 1.24 bits per heavy atom. The van der Waals surface area contributed by atoms with Crippen molar-refractivity contribution in [3.8, 4) is 0 Å². The monoisotopic (exact) mass is 520 g/mol. The molecule has 37 heavy (non-hydrogen) atoms. The second kappa shape index (κ2) is 7.88. The van der Waals surface area contributed by atoms with Gasteiger partial charge in [-0.25, -0.2) is 4.79 Å². The van der Waals surface area contributed by atoms with Gasteiger partial charge in [0.2, 0.25) is 0 Å². The van der Waals surface area contributed by atoms with Crippen LogP contribution in [0.5, 0.6) is 0 Å². The molecule has 0 amide bonds. The largest absolute Gasteiger partial charge is 0.472 e. The van der Waals surface area contributed by atoms with Crippen LogP contribution in [0.1, 0.15) is 65.5 Å². The number of esters is 2. The number of methoxy groups -OCH3 is 1. The van der Waals surface area contributed by atoms with Gasteiger partial charge >= 0.3 is 11.9 Å². The van der Waals surface area contributed by atoms with Gasteiger partial charge in [-0.3, -0.25) is 9.59 Å². The maximum Gasteiger partial charge on any atom is 0.339 e. The average Bonchev–Trinajstić information content (AvgIpc) is 3.39. The second-order valence-electron chi connectivity index (χ2n) is 12.5. The molecule has 4 aliphatic rings. The number of fused-ring (bicyclic) bond motifs is 1. The highest BCUT2D eigenvalue weighted by atomic mass is 16.7. The molecule has 10 nitrogen and oxygen atoms in total. The van der Waals surface area contributed by atoms with E-state index >= 15 is 0 Å². The molecule has 3 N–H and O–H groups in total. The summed E-state index contributed by atoms with van der Waals surface area (Å²) in [6.07, 6.45) is -1.26. The molecule has 5 rings (SSSR count). The number of furan rings is 1. The lowest BCUT2D eigenvalue weighted by Crippen LogP contribution is -2.76. The number of ketones is 1. The van der Waals surface area contributed by atoms with Gasteiger partial charge < -0.3 is 33.9 Å². The highest BCUT2D eigenvalue weighted by Crippen LogP contribution is 2.78. The first-order valence-electron chi connectivity index (χ1n) is 12.7. The summed E-state index contributed by atoms with van der Waals surface area (Å²) in [6, 6.07) is 1.71. The third-order valence-corrected chi connectivity index (χ3v) is 10.3. The van der Waals surface area contributed by atoms with Crippen molar-refractivity contribution in [3.63, 3.8) is 0 Å². The number of rotatable bonds is 5. The molecule has 2 aliphatic carbocycles. The standard InChI is InChI=1S/C27H36O10/c1-23(2,33)18-17(30)19(31)26(5)14(25(18,4)15(28)11-16(29)34-6)7-9-24(3)20(13-8-10-35-12-13)36-22(32)21-27(24,26)37-21/h8,10,12,14-15,18-21,28,31,33H,7,9,11H2,1-6H3/t14?,15-,18?,19-,20-,21+,24-,25-,26-,27+/m0/s1. The zero-order valence-electron chi connectivity index (χ0n) is 22.0. The number of hydrogen-bond donors (Lipinski definition) is 3. The van der Waals surface area contributed by atoms with E-state index in [9.17, 15) is 29.7 Å². The average molecular weight is 521 g/mol. The van der Waals surface area contributed by atoms with Crippen molar-refractivity contribution < 1.29 is 48.3 Å². The summed E-state index contributed by atoms with van der Waals surface area (Å²) in [6.45, 7) is 8.26. The third-order valence-electron chi connectivity index (χ3n) is 10.3. The van der Waals surface area contributed by atoms with Crippen molar-refractivity contribution in [2.24, 2.45) is 28.1 Å². The summed E-state index contributed by atoms with van der Waals surface area (Å²) >= 11 is 0. The van der Waals surface area contributed by atoms with E-state index in [1.807, 2.05) is 6.92 Å². The number of epoxide rings is 1. The van der Waals surface area contributed by atoms with E-state index in [0.29, 0.717) is 18.4 Å². The molecular weight excluding hydrogens is 484 g/mol. The molecular formula is C27H36O10. The van der Waals surface area contributed by atoms with E-state index in [1.165, 1.54) is 33.5 Å². The van der Waals surface area contributed by atoms with E-state index in [4.69, 9.17) is 18.6 Å². The van der Waals surface area contributed by atoms with Crippen LogP contribution in [-0.4, -0.2) is 69.7 Å². The van der Waals surface area contributed by atoms with E-state index in [1.54, 1.807) is 19.9 Å². The van der Waals surface area contributed by atoms with Crippen LogP contribution in [0.25, 0.3) is 0 Å². The molecule has 0 bridgehead atoms. The maximum absolute atomic E-state index is 14.0. The summed E-state index contributed by atoms with van der Waals surface area (Å²) in [7, 11) is 1.21. The molecule has 2 saturated heterocycles. The Balaban J connectivity index is 1.70. The number of ether oxygens (including phenoxy) is 3. The molecule has 10 heteroatoms. The van der Waals surface area contributed by atoms with Gasteiger partial charge in [0.1, 0.15) is 17.8 Å². The lowest BCUT2D eigenvalue weighted by atomic mass is 9.36. The SMILES string of the molecule is COC(=O)C[C@H](O)[C@@]1(C)C(C(C)(C)O)C(=O)[C@H](O)[C@]2(C)C1CC[C@@]1(C)[C@H](c3ccoc3)OC(=O)[C@H]3O[C@]312. The Labute approximate surface area is 215 Å². The Morgan fingerprint density at radius 2 is 1.92 bits per heavy atom. The van der Waals surface area contributed by atoms with E-state index in [2.05, 4.69) is 0 Å². The van der Waals surface area contributed by atoms with Gasteiger partial charge in [-0.1, -0.05) is 20.8 Å². The zero-order chi connectivity index (χ0) is 27.3. The van der Waals surface area contributed by atoms with Gasteiger partial charge in [-0.05, 0) is 38.7 Å². The van der Waals surface area contributed by atoms with Crippen LogP contribution in [-0.2, 0) is 28.6 Å². The topological polar surface area (TPSA) is 156 Å². The van der Waals surface area contributed by atoms with Crippen LogP contribution in [0.15, 0.2) is 23.0 Å². The minimum atomic E-state index is -1.63. The highest BCUT2D eigenvalue weighted by Gasteiger charge is 2.89.